The standard InChI is InChI=1S/C15H17NO4/c1-10-4-2-3-5-11(10)14(19)13-15(20)12(18)6-7-16(13)8-9-17/h2-7,14,17,19-20H,8-9H2,1H3. The summed E-state index contributed by atoms with van der Waals surface area (Å²) in [5.74, 6) is -0.489. The third-order valence-corrected chi connectivity index (χ3v) is 3.27. The summed E-state index contributed by atoms with van der Waals surface area (Å²) in [5, 5.41) is 29.5. The summed E-state index contributed by atoms with van der Waals surface area (Å²) in [5.41, 5.74) is 1.01. The van der Waals surface area contributed by atoms with Gasteiger partial charge in [0.05, 0.1) is 12.3 Å². The van der Waals surface area contributed by atoms with Gasteiger partial charge in [-0.05, 0) is 18.1 Å². The van der Waals surface area contributed by atoms with Crippen molar-refractivity contribution in [3.63, 3.8) is 0 Å². The maximum Gasteiger partial charge on any atom is 0.223 e. The summed E-state index contributed by atoms with van der Waals surface area (Å²) in [6.07, 6.45) is 0.325. The summed E-state index contributed by atoms with van der Waals surface area (Å²) in [7, 11) is 0. The molecular weight excluding hydrogens is 258 g/mol. The molecule has 0 bridgehead atoms. The predicted molar refractivity (Wildman–Crippen MR) is 74.7 cm³/mol. The molecule has 0 amide bonds. The van der Waals surface area contributed by atoms with Crippen LogP contribution in [-0.2, 0) is 6.54 Å². The van der Waals surface area contributed by atoms with Crippen LogP contribution in [0.1, 0.15) is 22.9 Å². The number of pyridine rings is 1. The Hall–Kier alpha value is -2.11. The molecule has 0 saturated heterocycles. The van der Waals surface area contributed by atoms with E-state index in [1.54, 1.807) is 12.1 Å². The number of rotatable bonds is 4. The van der Waals surface area contributed by atoms with Crippen LogP contribution in [-0.4, -0.2) is 26.5 Å². The molecule has 0 aliphatic rings. The van der Waals surface area contributed by atoms with Gasteiger partial charge in [0.15, 0.2) is 5.75 Å². The van der Waals surface area contributed by atoms with Crippen molar-refractivity contribution in [3.8, 4) is 5.75 Å². The van der Waals surface area contributed by atoms with Gasteiger partial charge in [0.1, 0.15) is 6.10 Å². The number of aliphatic hydroxyl groups excluding tert-OH is 2. The number of hydrogen-bond acceptors (Lipinski definition) is 4. The van der Waals surface area contributed by atoms with Crippen LogP contribution < -0.4 is 5.43 Å². The molecule has 2 aromatic rings. The Morgan fingerprint density at radius 3 is 2.60 bits per heavy atom. The van der Waals surface area contributed by atoms with Crippen LogP contribution in [0, 0.1) is 6.92 Å². The second kappa shape index (κ2) is 5.90. The Labute approximate surface area is 116 Å². The minimum atomic E-state index is -1.13. The maximum absolute atomic E-state index is 11.6. The number of aromatic hydroxyl groups is 1. The fraction of sp³-hybridized carbons (Fsp3) is 0.267. The van der Waals surface area contributed by atoms with E-state index in [1.165, 1.54) is 16.8 Å². The normalized spacial score (nSPS) is 12.3. The van der Waals surface area contributed by atoms with Crippen LogP contribution in [0.25, 0.3) is 0 Å². The zero-order chi connectivity index (χ0) is 14.7. The van der Waals surface area contributed by atoms with Gasteiger partial charge in [-0.3, -0.25) is 4.79 Å². The van der Waals surface area contributed by atoms with E-state index < -0.39 is 17.3 Å². The van der Waals surface area contributed by atoms with Gasteiger partial charge in [0.2, 0.25) is 5.43 Å². The van der Waals surface area contributed by atoms with Crippen molar-refractivity contribution in [2.75, 3.05) is 6.61 Å². The Kier molecular flexibility index (Phi) is 4.22. The van der Waals surface area contributed by atoms with Crippen molar-refractivity contribution in [1.29, 1.82) is 0 Å². The first-order valence-electron chi connectivity index (χ1n) is 6.33. The number of aromatic nitrogens is 1. The number of aliphatic hydroxyl groups is 2. The third kappa shape index (κ3) is 2.59. The van der Waals surface area contributed by atoms with Crippen molar-refractivity contribution in [3.05, 3.63) is 63.6 Å². The summed E-state index contributed by atoms with van der Waals surface area (Å²) in [6.45, 7) is 1.87. The highest BCUT2D eigenvalue weighted by molar-refractivity contribution is 5.38. The summed E-state index contributed by atoms with van der Waals surface area (Å²) in [4.78, 5) is 11.6. The molecule has 5 heteroatoms. The Morgan fingerprint density at radius 1 is 1.25 bits per heavy atom. The number of benzene rings is 1. The molecule has 0 aliphatic heterocycles. The molecule has 0 spiro atoms. The molecule has 1 aromatic heterocycles. The van der Waals surface area contributed by atoms with Gasteiger partial charge in [-0.2, -0.15) is 0 Å². The minimum Gasteiger partial charge on any atom is -0.503 e. The van der Waals surface area contributed by atoms with Gasteiger partial charge in [0.25, 0.3) is 0 Å². The number of nitrogens with zero attached hydrogens (tertiary/aromatic N) is 1. The molecular formula is C15H17NO4. The molecule has 0 aliphatic carbocycles. The first kappa shape index (κ1) is 14.3. The minimum absolute atomic E-state index is 0.0980. The molecule has 0 radical (unpaired) electrons. The van der Waals surface area contributed by atoms with Crippen LogP contribution in [0.3, 0.4) is 0 Å². The molecule has 5 nitrogen and oxygen atoms in total. The third-order valence-electron chi connectivity index (χ3n) is 3.27. The van der Waals surface area contributed by atoms with Crippen LogP contribution in [0.5, 0.6) is 5.75 Å². The van der Waals surface area contributed by atoms with E-state index in [4.69, 9.17) is 5.11 Å². The lowest BCUT2D eigenvalue weighted by atomic mass is 10.00. The average Bonchev–Trinajstić information content (AvgIpc) is 2.43. The predicted octanol–water partition coefficient (Wildman–Crippen LogP) is 0.936. The van der Waals surface area contributed by atoms with Crippen molar-refractivity contribution >= 4 is 0 Å². The zero-order valence-electron chi connectivity index (χ0n) is 11.2. The molecule has 20 heavy (non-hydrogen) atoms. The monoisotopic (exact) mass is 275 g/mol. The lowest BCUT2D eigenvalue weighted by Crippen LogP contribution is -2.18. The number of hydrogen-bond donors (Lipinski definition) is 3. The first-order valence-corrected chi connectivity index (χ1v) is 6.33. The summed E-state index contributed by atoms with van der Waals surface area (Å²) >= 11 is 0. The van der Waals surface area contributed by atoms with Gasteiger partial charge in [-0.15, -0.1) is 0 Å². The van der Waals surface area contributed by atoms with Gasteiger partial charge < -0.3 is 19.9 Å². The molecule has 2 rings (SSSR count). The summed E-state index contributed by atoms with van der Waals surface area (Å²) < 4.78 is 1.48. The fourth-order valence-corrected chi connectivity index (χ4v) is 2.21. The maximum atomic E-state index is 11.6. The SMILES string of the molecule is Cc1ccccc1C(O)c1c(O)c(=O)ccn1CCO. The molecule has 1 unspecified atom stereocenters. The Morgan fingerprint density at radius 2 is 1.95 bits per heavy atom. The molecule has 1 heterocycles. The van der Waals surface area contributed by atoms with Crippen LogP contribution in [0.15, 0.2) is 41.3 Å². The zero-order valence-corrected chi connectivity index (χ0v) is 11.2. The summed E-state index contributed by atoms with van der Waals surface area (Å²) in [6, 6.07) is 8.41. The molecule has 3 N–H and O–H groups in total. The smallest absolute Gasteiger partial charge is 0.223 e. The first-order chi connectivity index (χ1) is 9.56. The van der Waals surface area contributed by atoms with Crippen molar-refractivity contribution in [2.45, 2.75) is 19.6 Å². The van der Waals surface area contributed by atoms with Crippen molar-refractivity contribution in [1.82, 2.24) is 4.57 Å². The van der Waals surface area contributed by atoms with Crippen molar-refractivity contribution < 1.29 is 15.3 Å². The highest BCUT2D eigenvalue weighted by Gasteiger charge is 2.21. The van der Waals surface area contributed by atoms with E-state index in [-0.39, 0.29) is 18.8 Å². The van der Waals surface area contributed by atoms with Gasteiger partial charge >= 0.3 is 0 Å². The van der Waals surface area contributed by atoms with Crippen LogP contribution in [0.2, 0.25) is 0 Å². The van der Waals surface area contributed by atoms with E-state index in [0.29, 0.717) is 5.56 Å². The lowest BCUT2D eigenvalue weighted by Gasteiger charge is -2.20. The fourth-order valence-electron chi connectivity index (χ4n) is 2.21. The van der Waals surface area contributed by atoms with E-state index in [2.05, 4.69) is 0 Å². The lowest BCUT2D eigenvalue weighted by molar-refractivity contribution is 0.196. The second-order valence-electron chi connectivity index (χ2n) is 4.59. The van der Waals surface area contributed by atoms with Crippen molar-refractivity contribution in [2.24, 2.45) is 0 Å². The van der Waals surface area contributed by atoms with Crippen LogP contribution >= 0.6 is 0 Å². The van der Waals surface area contributed by atoms with Crippen LogP contribution in [0.4, 0.5) is 0 Å². The van der Waals surface area contributed by atoms with E-state index >= 15 is 0 Å². The number of aryl methyl sites for hydroxylation is 1. The Balaban J connectivity index is 2.59. The Bertz CT molecular complexity index is 663. The highest BCUT2D eigenvalue weighted by Crippen LogP contribution is 2.28. The topological polar surface area (TPSA) is 82.7 Å². The highest BCUT2D eigenvalue weighted by atomic mass is 16.3. The van der Waals surface area contributed by atoms with E-state index in [9.17, 15) is 15.0 Å². The van der Waals surface area contributed by atoms with E-state index in [0.717, 1.165) is 5.56 Å². The van der Waals surface area contributed by atoms with Gasteiger partial charge in [-0.25, -0.2) is 0 Å². The molecule has 1 atom stereocenters. The molecule has 1 aromatic carbocycles. The molecule has 0 saturated carbocycles. The van der Waals surface area contributed by atoms with Gasteiger partial charge in [-0.1, -0.05) is 24.3 Å². The quantitative estimate of drug-likeness (QED) is 0.775. The van der Waals surface area contributed by atoms with Gasteiger partial charge in [0, 0.05) is 18.8 Å². The largest absolute Gasteiger partial charge is 0.503 e. The second-order valence-corrected chi connectivity index (χ2v) is 4.59. The average molecular weight is 275 g/mol. The molecule has 0 fully saturated rings. The molecule has 106 valence electrons. The van der Waals surface area contributed by atoms with E-state index in [1.807, 2.05) is 19.1 Å².